The third kappa shape index (κ3) is 2.83. The molecule has 0 atom stereocenters. The summed E-state index contributed by atoms with van der Waals surface area (Å²) in [5.41, 5.74) is 4.12. The van der Waals surface area contributed by atoms with Gasteiger partial charge in [-0.1, -0.05) is 23.5 Å². The van der Waals surface area contributed by atoms with Crippen molar-refractivity contribution in [3.63, 3.8) is 0 Å². The van der Waals surface area contributed by atoms with E-state index < -0.39 is 0 Å². The van der Waals surface area contributed by atoms with Gasteiger partial charge < -0.3 is 5.32 Å². The van der Waals surface area contributed by atoms with Gasteiger partial charge in [0.05, 0.1) is 16.7 Å². The van der Waals surface area contributed by atoms with Gasteiger partial charge in [-0.3, -0.25) is 14.0 Å². The van der Waals surface area contributed by atoms with Crippen molar-refractivity contribution in [2.75, 3.05) is 5.32 Å². The van der Waals surface area contributed by atoms with E-state index >= 15 is 0 Å². The van der Waals surface area contributed by atoms with Crippen molar-refractivity contribution in [2.24, 2.45) is 0 Å². The van der Waals surface area contributed by atoms with Gasteiger partial charge in [-0.05, 0) is 65.2 Å². The number of imidazole rings is 1. The zero-order chi connectivity index (χ0) is 18.4. The minimum atomic E-state index is -0.332. The van der Waals surface area contributed by atoms with E-state index in [2.05, 4.69) is 26.2 Å². The highest BCUT2D eigenvalue weighted by Gasteiger charge is 2.15. The number of halogens is 1. The summed E-state index contributed by atoms with van der Waals surface area (Å²) in [6.07, 6.45) is 0. The van der Waals surface area contributed by atoms with Gasteiger partial charge in [0, 0.05) is 10.5 Å². The molecule has 0 radical (unpaired) electrons. The molecule has 5 nitrogen and oxygen atoms in total. The Labute approximate surface area is 161 Å². The van der Waals surface area contributed by atoms with Crippen LogP contribution in [0.4, 0.5) is 5.69 Å². The Morgan fingerprint density at radius 3 is 2.65 bits per heavy atom. The third-order valence-electron chi connectivity index (χ3n) is 4.26. The highest BCUT2D eigenvalue weighted by Crippen LogP contribution is 2.25. The number of carbonyl (C=O) groups excluding carboxylic acids is 1. The van der Waals surface area contributed by atoms with Crippen molar-refractivity contribution >= 4 is 54.9 Å². The molecular weight excluding hydrogens is 414 g/mol. The maximum atomic E-state index is 12.6. The van der Waals surface area contributed by atoms with Gasteiger partial charge in [-0.25, -0.2) is 4.98 Å². The Bertz CT molecular complexity index is 1240. The molecule has 2 aromatic heterocycles. The normalized spacial score (nSPS) is 11.2. The molecule has 1 amide bonds. The van der Waals surface area contributed by atoms with Crippen LogP contribution in [0.5, 0.6) is 0 Å². The molecule has 0 aliphatic heterocycles. The minimum Gasteiger partial charge on any atom is -0.320 e. The topological polar surface area (TPSA) is 63.5 Å². The number of anilines is 1. The van der Waals surface area contributed by atoms with Crippen LogP contribution < -0.4 is 10.9 Å². The Hall–Kier alpha value is -2.51. The van der Waals surface area contributed by atoms with Gasteiger partial charge in [0.25, 0.3) is 11.5 Å². The number of nitrogens with zero attached hydrogens (tertiary/aromatic N) is 2. The number of hydrogen-bond donors (Lipinski definition) is 1. The number of aryl methyl sites for hydroxylation is 2. The summed E-state index contributed by atoms with van der Waals surface area (Å²) in [6.45, 7) is 4.01. The summed E-state index contributed by atoms with van der Waals surface area (Å²) >= 11 is 4.60. The lowest BCUT2D eigenvalue weighted by atomic mass is 10.1. The molecule has 26 heavy (non-hydrogen) atoms. The Kier molecular flexibility index (Phi) is 4.13. The maximum absolute atomic E-state index is 12.6. The van der Waals surface area contributed by atoms with Crippen molar-refractivity contribution in [3.05, 3.63) is 73.3 Å². The first-order valence-corrected chi connectivity index (χ1v) is 9.54. The number of benzene rings is 2. The second-order valence-corrected chi connectivity index (χ2v) is 7.90. The molecule has 0 saturated carbocycles. The Morgan fingerprint density at radius 2 is 1.88 bits per heavy atom. The third-order valence-corrected chi connectivity index (χ3v) is 5.93. The molecular formula is C19H14BrN3O2S. The zero-order valence-electron chi connectivity index (χ0n) is 14.0. The molecule has 2 aromatic carbocycles. The number of aromatic nitrogens is 2. The fourth-order valence-corrected chi connectivity index (χ4v) is 4.06. The standard InChI is InChI=1S/C19H14BrN3O2S/c1-10-7-14-15(8-11(10)2)23-17(24)9-16(26-19(23)22-14)18(25)21-13-6-4-3-5-12(13)20/h3-9H,1-2H3,(H,21,25). The molecule has 130 valence electrons. The van der Waals surface area contributed by atoms with Gasteiger partial charge in [0.2, 0.25) is 0 Å². The summed E-state index contributed by atoms with van der Waals surface area (Å²) in [6, 6.07) is 12.6. The van der Waals surface area contributed by atoms with Crippen molar-refractivity contribution < 1.29 is 4.79 Å². The van der Waals surface area contributed by atoms with Crippen LogP contribution in [-0.2, 0) is 0 Å². The van der Waals surface area contributed by atoms with E-state index in [1.165, 1.54) is 17.4 Å². The van der Waals surface area contributed by atoms with Gasteiger partial charge in [0.1, 0.15) is 4.88 Å². The summed E-state index contributed by atoms with van der Waals surface area (Å²) < 4.78 is 2.33. The molecule has 0 fully saturated rings. The van der Waals surface area contributed by atoms with E-state index in [0.29, 0.717) is 15.5 Å². The van der Waals surface area contributed by atoms with E-state index in [9.17, 15) is 9.59 Å². The smallest absolute Gasteiger partial charge is 0.266 e. The number of carbonyl (C=O) groups is 1. The number of rotatable bonds is 2. The van der Waals surface area contributed by atoms with Gasteiger partial charge in [-0.2, -0.15) is 0 Å². The SMILES string of the molecule is Cc1cc2nc3sc(C(=O)Nc4ccccc4Br)cc(=O)n3c2cc1C. The molecule has 1 N–H and O–H groups in total. The monoisotopic (exact) mass is 427 g/mol. The number of para-hydroxylation sites is 1. The fraction of sp³-hybridized carbons (Fsp3) is 0.105. The van der Waals surface area contributed by atoms with E-state index in [1.54, 1.807) is 10.5 Å². The van der Waals surface area contributed by atoms with Crippen LogP contribution in [0.3, 0.4) is 0 Å². The van der Waals surface area contributed by atoms with Crippen LogP contribution in [0.15, 0.2) is 51.7 Å². The predicted octanol–water partition coefficient (Wildman–Crippen LogP) is 4.54. The van der Waals surface area contributed by atoms with Crippen molar-refractivity contribution in [2.45, 2.75) is 13.8 Å². The predicted molar refractivity (Wildman–Crippen MR) is 108 cm³/mol. The van der Waals surface area contributed by atoms with E-state index in [-0.39, 0.29) is 11.5 Å². The van der Waals surface area contributed by atoms with Crippen LogP contribution >= 0.6 is 27.3 Å². The van der Waals surface area contributed by atoms with Crippen LogP contribution in [0.2, 0.25) is 0 Å². The lowest BCUT2D eigenvalue weighted by molar-refractivity contribution is 0.103. The average molecular weight is 428 g/mol. The van der Waals surface area contributed by atoms with Gasteiger partial charge in [0.15, 0.2) is 4.96 Å². The fourth-order valence-electron chi connectivity index (χ4n) is 2.75. The minimum absolute atomic E-state index is 0.262. The van der Waals surface area contributed by atoms with E-state index in [4.69, 9.17) is 0 Å². The molecule has 4 aromatic rings. The second-order valence-electron chi connectivity index (χ2n) is 6.04. The van der Waals surface area contributed by atoms with Crippen molar-refractivity contribution in [1.82, 2.24) is 9.38 Å². The first-order chi connectivity index (χ1) is 12.4. The highest BCUT2D eigenvalue weighted by molar-refractivity contribution is 9.10. The lowest BCUT2D eigenvalue weighted by Gasteiger charge is -2.06. The molecule has 0 unspecified atom stereocenters. The highest BCUT2D eigenvalue weighted by atomic mass is 79.9. The summed E-state index contributed by atoms with van der Waals surface area (Å²) in [7, 11) is 0. The maximum Gasteiger partial charge on any atom is 0.266 e. The largest absolute Gasteiger partial charge is 0.320 e. The van der Waals surface area contributed by atoms with Crippen molar-refractivity contribution in [3.8, 4) is 0 Å². The number of fused-ring (bicyclic) bond motifs is 3. The van der Waals surface area contributed by atoms with Crippen molar-refractivity contribution in [1.29, 1.82) is 0 Å². The van der Waals surface area contributed by atoms with Gasteiger partial charge in [-0.15, -0.1) is 0 Å². The Morgan fingerprint density at radius 1 is 1.15 bits per heavy atom. The lowest BCUT2D eigenvalue weighted by Crippen LogP contribution is -2.17. The molecule has 0 aliphatic rings. The number of hydrogen-bond acceptors (Lipinski definition) is 4. The average Bonchev–Trinajstić information content (AvgIpc) is 2.95. The van der Waals surface area contributed by atoms with E-state index in [0.717, 1.165) is 26.6 Å². The summed E-state index contributed by atoms with van der Waals surface area (Å²) in [5.74, 6) is -0.332. The summed E-state index contributed by atoms with van der Waals surface area (Å²) in [5, 5.41) is 2.82. The van der Waals surface area contributed by atoms with Crippen LogP contribution in [-0.4, -0.2) is 15.3 Å². The first kappa shape index (κ1) is 16.9. The van der Waals surface area contributed by atoms with Gasteiger partial charge >= 0.3 is 0 Å². The summed E-state index contributed by atoms with van der Waals surface area (Å²) in [4.78, 5) is 30.6. The zero-order valence-corrected chi connectivity index (χ0v) is 16.4. The number of amides is 1. The molecule has 0 bridgehead atoms. The van der Waals surface area contributed by atoms with Crippen LogP contribution in [0.1, 0.15) is 20.8 Å². The first-order valence-electron chi connectivity index (χ1n) is 7.93. The quantitative estimate of drug-likeness (QED) is 0.510. The Balaban J connectivity index is 1.82. The van der Waals surface area contributed by atoms with Crippen LogP contribution in [0, 0.1) is 13.8 Å². The molecule has 0 aliphatic carbocycles. The second kappa shape index (κ2) is 6.34. The molecule has 2 heterocycles. The molecule has 0 saturated heterocycles. The molecule has 0 spiro atoms. The number of nitrogens with one attached hydrogen (secondary N) is 1. The van der Waals surface area contributed by atoms with E-state index in [1.807, 2.05) is 44.2 Å². The molecule has 7 heteroatoms. The molecule has 4 rings (SSSR count). The van der Waals surface area contributed by atoms with Crippen LogP contribution in [0.25, 0.3) is 16.0 Å².